The van der Waals surface area contributed by atoms with Crippen molar-refractivity contribution in [3.63, 3.8) is 0 Å². The normalized spacial score (nSPS) is 12.6. The molecule has 0 saturated heterocycles. The molecule has 0 heterocycles. The van der Waals surface area contributed by atoms with Gasteiger partial charge < -0.3 is 10.2 Å². The first-order valence-electron chi connectivity index (χ1n) is 13.2. The fourth-order valence-electron chi connectivity index (χ4n) is 4.11. The van der Waals surface area contributed by atoms with Crippen molar-refractivity contribution >= 4 is 27.5 Å². The van der Waals surface area contributed by atoms with Crippen molar-refractivity contribution in [1.82, 2.24) is 10.2 Å². The van der Waals surface area contributed by atoms with Crippen LogP contribution in [0, 0.1) is 5.92 Å². The third-order valence-electron chi connectivity index (χ3n) is 6.41. The number of alkyl halides is 3. The lowest BCUT2D eigenvalue weighted by Gasteiger charge is -2.32. The zero-order chi connectivity index (χ0) is 30.2. The molecule has 0 saturated carbocycles. The summed E-state index contributed by atoms with van der Waals surface area (Å²) in [7, 11) is -4.46. The molecule has 0 radical (unpaired) electrons. The molecule has 11 heteroatoms. The first kappa shape index (κ1) is 31.7. The van der Waals surface area contributed by atoms with Crippen LogP contribution in [0.3, 0.4) is 0 Å². The van der Waals surface area contributed by atoms with Crippen LogP contribution in [0.15, 0.2) is 89.8 Å². The molecule has 0 aliphatic heterocycles. The third-order valence-corrected chi connectivity index (χ3v) is 8.20. The predicted molar refractivity (Wildman–Crippen MR) is 152 cm³/mol. The van der Waals surface area contributed by atoms with Gasteiger partial charge in [-0.05, 0) is 55.2 Å². The number of hydrogen-bond acceptors (Lipinski definition) is 4. The molecule has 0 spiro atoms. The van der Waals surface area contributed by atoms with Crippen molar-refractivity contribution < 1.29 is 31.2 Å². The summed E-state index contributed by atoms with van der Waals surface area (Å²) in [5.41, 5.74) is -0.484. The summed E-state index contributed by atoms with van der Waals surface area (Å²) in [4.78, 5) is 27.9. The highest BCUT2D eigenvalue weighted by Gasteiger charge is 2.35. The van der Waals surface area contributed by atoms with Gasteiger partial charge in [-0.3, -0.25) is 13.9 Å². The lowest BCUT2D eigenvalue weighted by Crippen LogP contribution is -2.52. The summed E-state index contributed by atoms with van der Waals surface area (Å²) in [5, 5.41) is 2.79. The maximum absolute atomic E-state index is 13.8. The van der Waals surface area contributed by atoms with Gasteiger partial charge in [0.1, 0.15) is 12.6 Å². The standard InChI is InChI=1S/C30H34F3N3O4S/c1-22(2)20-34-29(38)23(3)35(18-17-24-11-6-4-7-12-24)28(37)21-36(41(39,40)27-15-8-5-9-16-27)26-14-10-13-25(19-26)30(31,32)33/h4-16,19,22-23H,17-18,20-21H2,1-3H3,(H,34,38)/t23-/m0/s1. The van der Waals surface area contributed by atoms with Crippen molar-refractivity contribution in [1.29, 1.82) is 0 Å². The Bertz CT molecular complexity index is 1420. The second-order valence-corrected chi connectivity index (χ2v) is 11.9. The molecule has 3 aromatic rings. The van der Waals surface area contributed by atoms with E-state index in [2.05, 4.69) is 5.32 Å². The topological polar surface area (TPSA) is 86.8 Å². The molecule has 1 atom stereocenters. The zero-order valence-corrected chi connectivity index (χ0v) is 24.0. The summed E-state index contributed by atoms with van der Waals surface area (Å²) in [6.07, 6.45) is -4.35. The Labute approximate surface area is 239 Å². The monoisotopic (exact) mass is 589 g/mol. The van der Waals surface area contributed by atoms with Gasteiger partial charge in [0.25, 0.3) is 10.0 Å². The molecule has 0 fully saturated rings. The van der Waals surface area contributed by atoms with E-state index < -0.39 is 46.2 Å². The van der Waals surface area contributed by atoms with Crippen molar-refractivity contribution in [3.8, 4) is 0 Å². The number of benzene rings is 3. The maximum atomic E-state index is 13.8. The molecule has 1 N–H and O–H groups in total. The van der Waals surface area contributed by atoms with Gasteiger partial charge in [0.05, 0.1) is 16.1 Å². The highest BCUT2D eigenvalue weighted by Crippen LogP contribution is 2.33. The minimum absolute atomic E-state index is 0.0843. The molecule has 2 amide bonds. The van der Waals surface area contributed by atoms with E-state index in [-0.39, 0.29) is 23.0 Å². The largest absolute Gasteiger partial charge is 0.416 e. The molecule has 3 aromatic carbocycles. The molecule has 0 unspecified atom stereocenters. The van der Waals surface area contributed by atoms with Crippen molar-refractivity contribution in [3.05, 3.63) is 96.1 Å². The van der Waals surface area contributed by atoms with E-state index in [0.717, 1.165) is 17.7 Å². The van der Waals surface area contributed by atoms with Crippen LogP contribution >= 0.6 is 0 Å². The van der Waals surface area contributed by atoms with Crippen LogP contribution in [0.2, 0.25) is 0 Å². The van der Waals surface area contributed by atoms with Crippen LogP contribution in [-0.4, -0.2) is 50.8 Å². The number of nitrogens with zero attached hydrogens (tertiary/aromatic N) is 2. The smallest absolute Gasteiger partial charge is 0.354 e. The highest BCUT2D eigenvalue weighted by molar-refractivity contribution is 7.92. The van der Waals surface area contributed by atoms with E-state index in [9.17, 15) is 31.2 Å². The second kappa shape index (κ2) is 13.7. The van der Waals surface area contributed by atoms with Gasteiger partial charge in [-0.25, -0.2) is 8.42 Å². The second-order valence-electron chi connectivity index (χ2n) is 10.0. The number of sulfonamides is 1. The Morgan fingerprint density at radius 3 is 2.07 bits per heavy atom. The van der Waals surface area contributed by atoms with Crippen LogP contribution in [0.5, 0.6) is 0 Å². The summed E-state index contributed by atoms with van der Waals surface area (Å²) >= 11 is 0. The van der Waals surface area contributed by atoms with Crippen LogP contribution in [0.1, 0.15) is 31.9 Å². The molecule has 41 heavy (non-hydrogen) atoms. The number of nitrogens with one attached hydrogen (secondary N) is 1. The summed E-state index contributed by atoms with van der Waals surface area (Å²) in [5.74, 6) is -0.992. The van der Waals surface area contributed by atoms with Gasteiger partial charge >= 0.3 is 6.18 Å². The fourth-order valence-corrected chi connectivity index (χ4v) is 5.54. The predicted octanol–water partition coefficient (Wildman–Crippen LogP) is 5.13. The van der Waals surface area contributed by atoms with Gasteiger partial charge in [-0.2, -0.15) is 13.2 Å². The van der Waals surface area contributed by atoms with E-state index in [1.54, 1.807) is 13.0 Å². The number of halogens is 3. The third kappa shape index (κ3) is 8.56. The van der Waals surface area contributed by atoms with E-state index >= 15 is 0 Å². The van der Waals surface area contributed by atoms with E-state index in [1.807, 2.05) is 44.2 Å². The average molecular weight is 590 g/mol. The highest BCUT2D eigenvalue weighted by atomic mass is 32.2. The van der Waals surface area contributed by atoms with Crippen molar-refractivity contribution in [2.75, 3.05) is 23.9 Å². The molecule has 0 aliphatic rings. The van der Waals surface area contributed by atoms with Crippen molar-refractivity contribution in [2.24, 2.45) is 5.92 Å². The summed E-state index contributed by atoms with van der Waals surface area (Å²) in [6.45, 7) is 5.03. The Kier molecular flexibility index (Phi) is 10.6. The van der Waals surface area contributed by atoms with E-state index in [1.165, 1.54) is 35.2 Å². The molecular weight excluding hydrogens is 555 g/mol. The Morgan fingerprint density at radius 2 is 1.49 bits per heavy atom. The molecule has 0 aromatic heterocycles. The molecule has 0 aliphatic carbocycles. The SMILES string of the molecule is CC(C)CNC(=O)[C@H](C)N(CCc1ccccc1)C(=O)CN(c1cccc(C(F)(F)F)c1)S(=O)(=O)c1ccccc1. The first-order chi connectivity index (χ1) is 19.3. The van der Waals surface area contributed by atoms with E-state index in [0.29, 0.717) is 23.3 Å². The summed E-state index contributed by atoms with van der Waals surface area (Å²) in [6, 6.07) is 19.2. The average Bonchev–Trinajstić information content (AvgIpc) is 2.95. The molecule has 220 valence electrons. The van der Waals surface area contributed by atoms with Gasteiger partial charge in [0, 0.05) is 13.1 Å². The minimum atomic E-state index is -4.73. The lowest BCUT2D eigenvalue weighted by atomic mass is 10.1. The Balaban J connectivity index is 2.01. The minimum Gasteiger partial charge on any atom is -0.354 e. The molecular formula is C30H34F3N3O4S. The number of rotatable bonds is 12. The van der Waals surface area contributed by atoms with Crippen LogP contribution in [0.4, 0.5) is 18.9 Å². The number of amides is 2. The number of anilines is 1. The first-order valence-corrected chi connectivity index (χ1v) is 14.6. The fraction of sp³-hybridized carbons (Fsp3) is 0.333. The zero-order valence-electron chi connectivity index (χ0n) is 23.1. The molecule has 3 rings (SSSR count). The Hall–Kier alpha value is -3.86. The van der Waals surface area contributed by atoms with Crippen LogP contribution in [-0.2, 0) is 32.2 Å². The number of carbonyl (C=O) groups excluding carboxylic acids is 2. The van der Waals surface area contributed by atoms with Crippen LogP contribution in [0.25, 0.3) is 0 Å². The maximum Gasteiger partial charge on any atom is 0.416 e. The van der Waals surface area contributed by atoms with Crippen LogP contribution < -0.4 is 9.62 Å². The van der Waals surface area contributed by atoms with Gasteiger partial charge in [-0.15, -0.1) is 0 Å². The number of hydrogen-bond donors (Lipinski definition) is 1. The summed E-state index contributed by atoms with van der Waals surface area (Å²) < 4.78 is 68.7. The lowest BCUT2D eigenvalue weighted by molar-refractivity contribution is -0.138. The van der Waals surface area contributed by atoms with Gasteiger partial charge in [0.15, 0.2) is 0 Å². The number of carbonyl (C=O) groups is 2. The van der Waals surface area contributed by atoms with Gasteiger partial charge in [-0.1, -0.05) is 68.4 Å². The molecule has 7 nitrogen and oxygen atoms in total. The van der Waals surface area contributed by atoms with E-state index in [4.69, 9.17) is 0 Å². The quantitative estimate of drug-likeness (QED) is 0.317. The Morgan fingerprint density at radius 1 is 0.878 bits per heavy atom. The van der Waals surface area contributed by atoms with Gasteiger partial charge in [0.2, 0.25) is 11.8 Å². The molecule has 0 bridgehead atoms. The van der Waals surface area contributed by atoms with Crippen molar-refractivity contribution in [2.45, 2.75) is 44.3 Å².